The number of hydrogen-bond acceptors (Lipinski definition) is 4. The van der Waals surface area contributed by atoms with Crippen LogP contribution in [0.5, 0.6) is 0 Å². The highest BCUT2D eigenvalue weighted by Crippen LogP contribution is 2.29. The molecule has 2 heterocycles. The van der Waals surface area contributed by atoms with E-state index >= 15 is 0 Å². The molecular formula is C29H38N4O3. The van der Waals surface area contributed by atoms with Crippen LogP contribution in [0.1, 0.15) is 78.3 Å². The minimum Gasteiger partial charge on any atom is -0.349 e. The summed E-state index contributed by atoms with van der Waals surface area (Å²) in [7, 11) is 0. The normalized spacial score (nSPS) is 18.0. The van der Waals surface area contributed by atoms with Gasteiger partial charge in [-0.3, -0.25) is 19.3 Å². The standard InChI is InChI=1S/C29H38N4O3/c1-3-22(2)30-28(35)25-20-33(24-13-7-8-14-24)21-26(27(25)34)29(36)32-18-16-31(17-19-32)15-9-12-23-10-5-4-6-11-23/h4-6,9-12,20-22,24H,3,7-8,13-19H2,1-2H3,(H,30,35)/b12-9+. The highest BCUT2D eigenvalue weighted by molar-refractivity contribution is 5.99. The van der Waals surface area contributed by atoms with Crippen LogP contribution >= 0.6 is 0 Å². The molecule has 4 rings (SSSR count). The molecule has 1 aliphatic heterocycles. The molecule has 1 saturated carbocycles. The summed E-state index contributed by atoms with van der Waals surface area (Å²) in [5.41, 5.74) is 0.874. The Kier molecular flexibility index (Phi) is 8.75. The Bertz CT molecular complexity index is 1130. The summed E-state index contributed by atoms with van der Waals surface area (Å²) in [5, 5.41) is 2.90. The molecule has 7 heteroatoms. The van der Waals surface area contributed by atoms with Gasteiger partial charge in [-0.2, -0.15) is 0 Å². The van der Waals surface area contributed by atoms with Crippen LogP contribution in [0.15, 0.2) is 53.6 Å². The van der Waals surface area contributed by atoms with Gasteiger partial charge in [-0.25, -0.2) is 0 Å². The van der Waals surface area contributed by atoms with E-state index in [0.717, 1.165) is 51.7 Å². The van der Waals surface area contributed by atoms with Crippen LogP contribution in [0.2, 0.25) is 0 Å². The van der Waals surface area contributed by atoms with Gasteiger partial charge in [-0.05, 0) is 31.7 Å². The van der Waals surface area contributed by atoms with Gasteiger partial charge in [-0.1, -0.05) is 62.2 Å². The monoisotopic (exact) mass is 490 g/mol. The lowest BCUT2D eigenvalue weighted by Gasteiger charge is -2.34. The smallest absolute Gasteiger partial charge is 0.259 e. The van der Waals surface area contributed by atoms with E-state index in [-0.39, 0.29) is 29.1 Å². The van der Waals surface area contributed by atoms with Gasteiger partial charge >= 0.3 is 0 Å². The predicted molar refractivity (Wildman–Crippen MR) is 143 cm³/mol. The molecule has 1 N–H and O–H groups in total. The maximum absolute atomic E-state index is 13.5. The minimum absolute atomic E-state index is 0.0415. The van der Waals surface area contributed by atoms with Crippen LogP contribution in [0, 0.1) is 0 Å². The second-order valence-electron chi connectivity index (χ2n) is 9.99. The number of carbonyl (C=O) groups excluding carboxylic acids is 2. The number of hydrogen-bond donors (Lipinski definition) is 1. The van der Waals surface area contributed by atoms with Crippen molar-refractivity contribution in [2.24, 2.45) is 0 Å². The molecule has 1 saturated heterocycles. The van der Waals surface area contributed by atoms with Crippen molar-refractivity contribution >= 4 is 17.9 Å². The van der Waals surface area contributed by atoms with E-state index in [2.05, 4.69) is 34.5 Å². The molecule has 2 amide bonds. The van der Waals surface area contributed by atoms with Crippen molar-refractivity contribution in [2.45, 2.75) is 58.0 Å². The number of carbonyl (C=O) groups is 2. The van der Waals surface area contributed by atoms with Crippen molar-refractivity contribution < 1.29 is 9.59 Å². The van der Waals surface area contributed by atoms with Crippen LogP contribution in [0.3, 0.4) is 0 Å². The SMILES string of the molecule is CCC(C)NC(=O)c1cn(C2CCCC2)cc(C(=O)N2CCN(C/C=C/c3ccccc3)CC2)c1=O. The van der Waals surface area contributed by atoms with Gasteiger partial charge in [0.2, 0.25) is 5.43 Å². The predicted octanol–water partition coefficient (Wildman–Crippen LogP) is 3.96. The molecule has 0 radical (unpaired) electrons. The van der Waals surface area contributed by atoms with Gasteiger partial charge in [0, 0.05) is 57.2 Å². The molecule has 1 unspecified atom stereocenters. The molecule has 192 valence electrons. The molecule has 0 bridgehead atoms. The van der Waals surface area contributed by atoms with Crippen molar-refractivity contribution in [3.05, 3.63) is 75.7 Å². The molecular weight excluding hydrogens is 452 g/mol. The Morgan fingerprint density at radius 3 is 2.36 bits per heavy atom. The van der Waals surface area contributed by atoms with Crippen LogP contribution < -0.4 is 10.7 Å². The number of aromatic nitrogens is 1. The maximum Gasteiger partial charge on any atom is 0.259 e. The van der Waals surface area contributed by atoms with Gasteiger partial charge < -0.3 is 14.8 Å². The fourth-order valence-electron chi connectivity index (χ4n) is 4.93. The average Bonchev–Trinajstić information content (AvgIpc) is 3.44. The van der Waals surface area contributed by atoms with Crippen LogP contribution in [-0.4, -0.2) is 64.9 Å². The number of rotatable bonds is 8. The first-order valence-corrected chi connectivity index (χ1v) is 13.3. The zero-order valence-corrected chi connectivity index (χ0v) is 21.5. The molecule has 2 aromatic rings. The molecule has 1 aromatic heterocycles. The lowest BCUT2D eigenvalue weighted by molar-refractivity contribution is 0.0648. The molecule has 2 aliphatic rings. The van der Waals surface area contributed by atoms with E-state index in [4.69, 9.17) is 0 Å². The second kappa shape index (κ2) is 12.2. The summed E-state index contributed by atoms with van der Waals surface area (Å²) in [6.07, 6.45) is 12.6. The highest BCUT2D eigenvalue weighted by Gasteiger charge is 2.28. The third-order valence-electron chi connectivity index (χ3n) is 7.39. The topological polar surface area (TPSA) is 74.7 Å². The fourth-order valence-corrected chi connectivity index (χ4v) is 4.93. The van der Waals surface area contributed by atoms with Gasteiger partial charge in [0.25, 0.3) is 11.8 Å². The average molecular weight is 491 g/mol. The van der Waals surface area contributed by atoms with E-state index in [9.17, 15) is 14.4 Å². The summed E-state index contributed by atoms with van der Waals surface area (Å²) in [5.74, 6) is -0.671. The number of benzene rings is 1. The summed E-state index contributed by atoms with van der Waals surface area (Å²) < 4.78 is 1.94. The van der Waals surface area contributed by atoms with E-state index in [1.165, 1.54) is 5.56 Å². The van der Waals surface area contributed by atoms with Crippen molar-refractivity contribution in [3.8, 4) is 0 Å². The number of nitrogens with zero attached hydrogens (tertiary/aromatic N) is 3. The number of amides is 2. The quantitative estimate of drug-likeness (QED) is 0.608. The minimum atomic E-state index is -0.469. The summed E-state index contributed by atoms with van der Waals surface area (Å²) in [6.45, 7) is 7.33. The van der Waals surface area contributed by atoms with Gasteiger partial charge in [0.15, 0.2) is 0 Å². The number of nitrogens with one attached hydrogen (secondary N) is 1. The molecule has 1 aromatic carbocycles. The van der Waals surface area contributed by atoms with Crippen LogP contribution in [-0.2, 0) is 0 Å². The molecule has 1 aliphatic carbocycles. The van der Waals surface area contributed by atoms with Crippen molar-refractivity contribution in [1.29, 1.82) is 0 Å². The Hall–Kier alpha value is -3.19. The number of pyridine rings is 1. The Morgan fingerprint density at radius 2 is 1.69 bits per heavy atom. The van der Waals surface area contributed by atoms with E-state index in [1.807, 2.05) is 36.6 Å². The zero-order chi connectivity index (χ0) is 25.5. The molecule has 1 atom stereocenters. The molecule has 2 fully saturated rings. The van der Waals surface area contributed by atoms with Gasteiger partial charge in [0.05, 0.1) is 0 Å². The van der Waals surface area contributed by atoms with Crippen LogP contribution in [0.4, 0.5) is 0 Å². The summed E-state index contributed by atoms with van der Waals surface area (Å²) in [6, 6.07) is 10.4. The Morgan fingerprint density at radius 1 is 1.03 bits per heavy atom. The second-order valence-corrected chi connectivity index (χ2v) is 9.99. The van der Waals surface area contributed by atoms with E-state index in [0.29, 0.717) is 13.1 Å². The van der Waals surface area contributed by atoms with Crippen molar-refractivity contribution in [1.82, 2.24) is 19.7 Å². The Labute approximate surface area is 213 Å². The third kappa shape index (κ3) is 6.32. The highest BCUT2D eigenvalue weighted by atomic mass is 16.2. The summed E-state index contributed by atoms with van der Waals surface area (Å²) >= 11 is 0. The van der Waals surface area contributed by atoms with E-state index < -0.39 is 11.3 Å². The third-order valence-corrected chi connectivity index (χ3v) is 7.39. The van der Waals surface area contributed by atoms with E-state index in [1.54, 1.807) is 17.3 Å². The first-order valence-electron chi connectivity index (χ1n) is 13.3. The first kappa shape index (κ1) is 25.9. The van der Waals surface area contributed by atoms with Crippen molar-refractivity contribution in [2.75, 3.05) is 32.7 Å². The fraction of sp³-hybridized carbons (Fsp3) is 0.483. The molecule has 0 spiro atoms. The van der Waals surface area contributed by atoms with Gasteiger partial charge in [-0.15, -0.1) is 0 Å². The van der Waals surface area contributed by atoms with Gasteiger partial charge in [0.1, 0.15) is 11.1 Å². The lowest BCUT2D eigenvalue weighted by atomic mass is 10.1. The molecule has 7 nitrogen and oxygen atoms in total. The Balaban J connectivity index is 1.46. The van der Waals surface area contributed by atoms with Crippen molar-refractivity contribution in [3.63, 3.8) is 0 Å². The lowest BCUT2D eigenvalue weighted by Crippen LogP contribution is -2.49. The maximum atomic E-state index is 13.5. The largest absolute Gasteiger partial charge is 0.349 e. The first-order chi connectivity index (χ1) is 17.5. The zero-order valence-electron chi connectivity index (χ0n) is 21.5. The number of piperazine rings is 1. The molecule has 36 heavy (non-hydrogen) atoms. The summed E-state index contributed by atoms with van der Waals surface area (Å²) in [4.78, 5) is 43.8. The van der Waals surface area contributed by atoms with Crippen LogP contribution in [0.25, 0.3) is 6.08 Å².